The number of hydrogen-bond acceptors (Lipinski definition) is 5. The average molecular weight is 341 g/mol. The molecule has 8 heteroatoms. The van der Waals surface area contributed by atoms with E-state index in [1.165, 1.54) is 24.3 Å². The first-order chi connectivity index (χ1) is 12.0. The molecule has 1 N–H and O–H groups in total. The lowest BCUT2D eigenvalue weighted by Gasteiger charge is -2.16. The maximum absolute atomic E-state index is 12.5. The van der Waals surface area contributed by atoms with Gasteiger partial charge >= 0.3 is 0 Å². The fraction of sp³-hybridized carbons (Fsp3) is 0.353. The van der Waals surface area contributed by atoms with Gasteiger partial charge < -0.3 is 5.32 Å². The Morgan fingerprint density at radius 2 is 1.68 bits per heavy atom. The number of fused-ring (bicyclic) bond motifs is 5. The normalized spacial score (nSPS) is 29.2. The lowest BCUT2D eigenvalue weighted by molar-refractivity contribution is -0.384. The van der Waals surface area contributed by atoms with Gasteiger partial charge in [0.25, 0.3) is 5.69 Å². The van der Waals surface area contributed by atoms with E-state index in [0.717, 1.165) is 11.3 Å². The molecular weight excluding hydrogens is 326 g/mol. The van der Waals surface area contributed by atoms with Crippen LogP contribution in [-0.2, 0) is 14.4 Å². The molecule has 2 bridgehead atoms. The van der Waals surface area contributed by atoms with Crippen LogP contribution in [0.2, 0.25) is 0 Å². The minimum absolute atomic E-state index is 0.0845. The van der Waals surface area contributed by atoms with Crippen LogP contribution in [0, 0.1) is 33.8 Å². The molecule has 1 saturated heterocycles. The summed E-state index contributed by atoms with van der Waals surface area (Å²) >= 11 is 0. The zero-order valence-electron chi connectivity index (χ0n) is 13.1. The molecule has 0 unspecified atom stereocenters. The number of nitro benzene ring substituents is 1. The van der Waals surface area contributed by atoms with Crippen molar-refractivity contribution < 1.29 is 19.3 Å². The second-order valence-electron chi connectivity index (χ2n) is 6.61. The predicted molar refractivity (Wildman–Crippen MR) is 86.2 cm³/mol. The van der Waals surface area contributed by atoms with Crippen molar-refractivity contribution in [3.05, 3.63) is 46.5 Å². The topological polar surface area (TPSA) is 110 Å². The summed E-state index contributed by atoms with van der Waals surface area (Å²) in [5.41, 5.74) is 0.287. The van der Waals surface area contributed by atoms with Crippen molar-refractivity contribution in [1.82, 2.24) is 4.90 Å². The summed E-state index contributed by atoms with van der Waals surface area (Å²) < 4.78 is 0. The van der Waals surface area contributed by atoms with Gasteiger partial charge in [0.2, 0.25) is 17.7 Å². The summed E-state index contributed by atoms with van der Waals surface area (Å²) in [6, 6.07) is 5.36. The van der Waals surface area contributed by atoms with Crippen LogP contribution in [0.4, 0.5) is 11.4 Å². The molecule has 1 aromatic carbocycles. The van der Waals surface area contributed by atoms with Crippen LogP contribution >= 0.6 is 0 Å². The number of benzene rings is 1. The Morgan fingerprint density at radius 3 is 2.20 bits per heavy atom. The number of nitrogens with zero attached hydrogens (tertiary/aromatic N) is 2. The number of anilines is 1. The van der Waals surface area contributed by atoms with Gasteiger partial charge in [0, 0.05) is 17.8 Å². The molecule has 8 nitrogen and oxygen atoms in total. The molecule has 2 aliphatic carbocycles. The minimum Gasteiger partial charge on any atom is -0.325 e. The Labute approximate surface area is 142 Å². The highest BCUT2D eigenvalue weighted by molar-refractivity contribution is 6.09. The Bertz CT molecular complexity index is 786. The van der Waals surface area contributed by atoms with E-state index >= 15 is 0 Å². The number of rotatable bonds is 4. The molecule has 1 aromatic rings. The molecule has 1 aliphatic heterocycles. The van der Waals surface area contributed by atoms with Crippen LogP contribution in [0.3, 0.4) is 0 Å². The quantitative estimate of drug-likeness (QED) is 0.385. The van der Waals surface area contributed by atoms with E-state index < -0.39 is 10.8 Å². The van der Waals surface area contributed by atoms with E-state index in [1.54, 1.807) is 0 Å². The van der Waals surface area contributed by atoms with Gasteiger partial charge in [-0.25, -0.2) is 0 Å². The number of nitro groups is 1. The third-order valence-corrected chi connectivity index (χ3v) is 5.23. The molecule has 0 radical (unpaired) electrons. The van der Waals surface area contributed by atoms with Gasteiger partial charge in [-0.3, -0.25) is 29.4 Å². The second kappa shape index (κ2) is 5.51. The molecule has 0 aromatic heterocycles. The Kier molecular flexibility index (Phi) is 3.41. The number of carbonyl (C=O) groups is 3. The number of non-ortho nitro benzene ring substituents is 1. The summed E-state index contributed by atoms with van der Waals surface area (Å²) in [6.07, 6.45) is 4.84. The number of nitrogens with one attached hydrogen (secondary N) is 1. The lowest BCUT2D eigenvalue weighted by Crippen LogP contribution is -2.39. The Balaban J connectivity index is 1.42. The van der Waals surface area contributed by atoms with Gasteiger partial charge in [0.15, 0.2) is 0 Å². The maximum atomic E-state index is 12.5. The number of allylic oxidation sites excluding steroid dienone is 2. The van der Waals surface area contributed by atoms with Crippen molar-refractivity contribution in [2.24, 2.45) is 23.7 Å². The molecule has 128 valence electrons. The molecule has 1 heterocycles. The molecule has 4 atom stereocenters. The maximum Gasteiger partial charge on any atom is 0.269 e. The third kappa shape index (κ3) is 2.41. The molecule has 0 spiro atoms. The monoisotopic (exact) mass is 341 g/mol. The fourth-order valence-electron chi connectivity index (χ4n) is 4.13. The summed E-state index contributed by atoms with van der Waals surface area (Å²) in [5.74, 6) is -1.49. The van der Waals surface area contributed by atoms with E-state index in [0.29, 0.717) is 5.69 Å². The Hall–Kier alpha value is -3.03. The highest BCUT2D eigenvalue weighted by Gasteiger charge is 2.59. The largest absolute Gasteiger partial charge is 0.325 e. The van der Waals surface area contributed by atoms with Crippen LogP contribution in [-0.4, -0.2) is 34.1 Å². The van der Waals surface area contributed by atoms with E-state index in [9.17, 15) is 24.5 Å². The van der Waals surface area contributed by atoms with E-state index in [2.05, 4.69) is 5.32 Å². The van der Waals surface area contributed by atoms with Crippen molar-refractivity contribution in [3.63, 3.8) is 0 Å². The first-order valence-electron chi connectivity index (χ1n) is 8.03. The van der Waals surface area contributed by atoms with Gasteiger partial charge in [-0.15, -0.1) is 0 Å². The van der Waals surface area contributed by atoms with Crippen LogP contribution in [0.15, 0.2) is 36.4 Å². The number of imide groups is 1. The van der Waals surface area contributed by atoms with Gasteiger partial charge in [-0.05, 0) is 30.4 Å². The summed E-state index contributed by atoms with van der Waals surface area (Å²) in [7, 11) is 0. The fourth-order valence-corrected chi connectivity index (χ4v) is 4.13. The van der Waals surface area contributed by atoms with Crippen LogP contribution < -0.4 is 5.32 Å². The standard InChI is InChI=1S/C17H15N3O5/c21-13(18-11-3-5-12(6-4-11)20(24)25)8-19-16(22)14-9-1-2-10(7-9)15(14)17(19)23/h1-6,9-10,14-15H,7-8H2,(H,18,21)/t9-,10+,14-,15-/m0/s1. The number of carbonyl (C=O) groups excluding carboxylic acids is 3. The summed E-state index contributed by atoms with van der Waals surface area (Å²) in [4.78, 5) is 48.3. The minimum atomic E-state index is -0.533. The number of amides is 3. The van der Waals surface area contributed by atoms with Gasteiger partial charge in [-0.1, -0.05) is 12.2 Å². The summed E-state index contributed by atoms with van der Waals surface area (Å²) in [5, 5.41) is 13.2. The zero-order chi connectivity index (χ0) is 17.7. The molecule has 3 amide bonds. The second-order valence-corrected chi connectivity index (χ2v) is 6.61. The van der Waals surface area contributed by atoms with Crippen LogP contribution in [0.25, 0.3) is 0 Å². The third-order valence-electron chi connectivity index (χ3n) is 5.23. The van der Waals surface area contributed by atoms with E-state index in [-0.39, 0.29) is 47.7 Å². The lowest BCUT2D eigenvalue weighted by atomic mass is 9.85. The van der Waals surface area contributed by atoms with E-state index in [1.807, 2.05) is 12.2 Å². The van der Waals surface area contributed by atoms with Crippen molar-refractivity contribution in [3.8, 4) is 0 Å². The number of likely N-dealkylation sites (tertiary alicyclic amines) is 1. The van der Waals surface area contributed by atoms with Crippen molar-refractivity contribution in [1.29, 1.82) is 0 Å². The van der Waals surface area contributed by atoms with Gasteiger partial charge in [-0.2, -0.15) is 0 Å². The van der Waals surface area contributed by atoms with Gasteiger partial charge in [0.1, 0.15) is 6.54 Å². The molecule has 1 saturated carbocycles. The first-order valence-corrected chi connectivity index (χ1v) is 8.03. The Morgan fingerprint density at radius 1 is 1.12 bits per heavy atom. The van der Waals surface area contributed by atoms with E-state index in [4.69, 9.17) is 0 Å². The molecule has 25 heavy (non-hydrogen) atoms. The summed E-state index contributed by atoms with van der Waals surface area (Å²) in [6.45, 7) is -0.332. The predicted octanol–water partition coefficient (Wildman–Crippen LogP) is 1.34. The zero-order valence-corrected chi connectivity index (χ0v) is 13.1. The molecule has 4 rings (SSSR count). The van der Waals surface area contributed by atoms with Crippen molar-refractivity contribution >= 4 is 29.1 Å². The van der Waals surface area contributed by atoms with Crippen molar-refractivity contribution in [2.45, 2.75) is 6.42 Å². The van der Waals surface area contributed by atoms with Crippen LogP contribution in [0.5, 0.6) is 0 Å². The number of hydrogen-bond donors (Lipinski definition) is 1. The smallest absolute Gasteiger partial charge is 0.269 e. The highest BCUT2D eigenvalue weighted by Crippen LogP contribution is 2.52. The highest BCUT2D eigenvalue weighted by atomic mass is 16.6. The molecule has 3 aliphatic rings. The molecular formula is C17H15N3O5. The average Bonchev–Trinajstić information content (AvgIpc) is 3.25. The van der Waals surface area contributed by atoms with Crippen LogP contribution in [0.1, 0.15) is 6.42 Å². The van der Waals surface area contributed by atoms with Gasteiger partial charge in [0.05, 0.1) is 16.8 Å². The molecule has 2 fully saturated rings. The SMILES string of the molecule is O=C(CN1C(=O)[C@@H]2[C@@H](C1=O)[C@H]1C=C[C@@H]2C1)Nc1ccc([N+](=O)[O-])cc1. The van der Waals surface area contributed by atoms with Crippen molar-refractivity contribution in [2.75, 3.05) is 11.9 Å². The first kappa shape index (κ1) is 15.5.